The molecule has 2 aromatic carbocycles. The number of anilines is 1. The van der Waals surface area contributed by atoms with Gasteiger partial charge in [0.25, 0.3) is 0 Å². The minimum absolute atomic E-state index is 0.162. The number of aryl methyl sites for hydroxylation is 1. The predicted octanol–water partition coefficient (Wildman–Crippen LogP) is 4.97. The molecule has 2 aromatic rings. The summed E-state index contributed by atoms with van der Waals surface area (Å²) in [5.74, 6) is -0.379. The molecule has 98 valence electrons. The number of benzene rings is 2. The van der Waals surface area contributed by atoms with Gasteiger partial charge in [0.2, 0.25) is 0 Å². The molecule has 0 amide bonds. The normalized spacial score (nSPS) is 17.9. The molecule has 0 saturated carbocycles. The SMILES string of the molecule is Fc1cc(NC2CCCc3ccccc32)ccc1Cl. The van der Waals surface area contributed by atoms with Crippen molar-refractivity contribution in [3.63, 3.8) is 0 Å². The largest absolute Gasteiger partial charge is 0.378 e. The molecule has 1 N–H and O–H groups in total. The molecule has 1 nitrogen and oxygen atoms in total. The summed E-state index contributed by atoms with van der Waals surface area (Å²) >= 11 is 5.70. The maximum absolute atomic E-state index is 13.5. The summed E-state index contributed by atoms with van der Waals surface area (Å²) in [6, 6.07) is 13.6. The van der Waals surface area contributed by atoms with E-state index < -0.39 is 0 Å². The van der Waals surface area contributed by atoms with E-state index in [0.29, 0.717) is 0 Å². The van der Waals surface area contributed by atoms with Crippen molar-refractivity contribution in [3.05, 3.63) is 64.4 Å². The van der Waals surface area contributed by atoms with Crippen LogP contribution >= 0.6 is 11.6 Å². The van der Waals surface area contributed by atoms with Crippen molar-refractivity contribution >= 4 is 17.3 Å². The van der Waals surface area contributed by atoms with Crippen LogP contribution in [-0.2, 0) is 6.42 Å². The topological polar surface area (TPSA) is 12.0 Å². The Labute approximate surface area is 117 Å². The second-order valence-corrected chi connectivity index (χ2v) is 5.32. The van der Waals surface area contributed by atoms with E-state index in [0.717, 1.165) is 24.9 Å². The van der Waals surface area contributed by atoms with Gasteiger partial charge in [-0.05, 0) is 48.6 Å². The van der Waals surface area contributed by atoms with Gasteiger partial charge in [0.15, 0.2) is 0 Å². The Balaban J connectivity index is 1.86. The van der Waals surface area contributed by atoms with Gasteiger partial charge in [0.05, 0.1) is 11.1 Å². The number of rotatable bonds is 2. The third-order valence-corrected chi connectivity index (χ3v) is 3.94. The Hall–Kier alpha value is -1.54. The van der Waals surface area contributed by atoms with Crippen LogP contribution in [0.3, 0.4) is 0 Å². The molecule has 0 aliphatic heterocycles. The minimum atomic E-state index is -0.379. The van der Waals surface area contributed by atoms with Crippen molar-refractivity contribution in [1.82, 2.24) is 0 Å². The first-order valence-electron chi connectivity index (χ1n) is 6.53. The number of fused-ring (bicyclic) bond motifs is 1. The Kier molecular flexibility index (Phi) is 3.43. The van der Waals surface area contributed by atoms with Crippen molar-refractivity contribution < 1.29 is 4.39 Å². The summed E-state index contributed by atoms with van der Waals surface area (Å²) in [5, 5.41) is 3.57. The zero-order valence-corrected chi connectivity index (χ0v) is 11.3. The van der Waals surface area contributed by atoms with Crippen LogP contribution in [0.15, 0.2) is 42.5 Å². The van der Waals surface area contributed by atoms with Crippen LogP contribution in [0.1, 0.15) is 30.0 Å². The fraction of sp³-hybridized carbons (Fsp3) is 0.250. The van der Waals surface area contributed by atoms with E-state index >= 15 is 0 Å². The minimum Gasteiger partial charge on any atom is -0.378 e. The first-order chi connectivity index (χ1) is 9.24. The van der Waals surface area contributed by atoms with Crippen molar-refractivity contribution in [3.8, 4) is 0 Å². The number of hydrogen-bond acceptors (Lipinski definition) is 1. The quantitative estimate of drug-likeness (QED) is 0.816. The van der Waals surface area contributed by atoms with E-state index in [9.17, 15) is 4.39 Å². The second-order valence-electron chi connectivity index (χ2n) is 4.92. The van der Waals surface area contributed by atoms with Crippen LogP contribution in [0.2, 0.25) is 5.02 Å². The highest BCUT2D eigenvalue weighted by molar-refractivity contribution is 6.30. The third-order valence-electron chi connectivity index (χ3n) is 3.63. The maximum atomic E-state index is 13.5. The molecule has 0 fully saturated rings. The first kappa shape index (κ1) is 12.5. The van der Waals surface area contributed by atoms with E-state index in [1.54, 1.807) is 6.07 Å². The fourth-order valence-electron chi connectivity index (χ4n) is 2.69. The summed E-state index contributed by atoms with van der Waals surface area (Å²) in [6.45, 7) is 0. The second kappa shape index (κ2) is 5.22. The van der Waals surface area contributed by atoms with Crippen molar-refractivity contribution in [2.45, 2.75) is 25.3 Å². The monoisotopic (exact) mass is 275 g/mol. The van der Waals surface area contributed by atoms with Crippen LogP contribution in [0, 0.1) is 5.82 Å². The Morgan fingerprint density at radius 1 is 1.16 bits per heavy atom. The van der Waals surface area contributed by atoms with Gasteiger partial charge >= 0.3 is 0 Å². The number of hydrogen-bond donors (Lipinski definition) is 1. The summed E-state index contributed by atoms with van der Waals surface area (Å²) in [4.78, 5) is 0. The molecule has 1 aliphatic carbocycles. The Morgan fingerprint density at radius 3 is 2.84 bits per heavy atom. The average molecular weight is 276 g/mol. The van der Waals surface area contributed by atoms with E-state index in [-0.39, 0.29) is 16.9 Å². The van der Waals surface area contributed by atoms with Crippen LogP contribution in [0.4, 0.5) is 10.1 Å². The van der Waals surface area contributed by atoms with Crippen LogP contribution < -0.4 is 5.32 Å². The summed E-state index contributed by atoms with van der Waals surface area (Å²) in [5.41, 5.74) is 3.49. The molecule has 0 radical (unpaired) electrons. The van der Waals surface area contributed by atoms with Gasteiger partial charge in [-0.2, -0.15) is 0 Å². The highest BCUT2D eigenvalue weighted by Crippen LogP contribution is 2.32. The van der Waals surface area contributed by atoms with Crippen LogP contribution in [0.25, 0.3) is 0 Å². The zero-order valence-electron chi connectivity index (χ0n) is 10.5. The van der Waals surface area contributed by atoms with Gasteiger partial charge in [-0.3, -0.25) is 0 Å². The van der Waals surface area contributed by atoms with E-state index in [1.807, 2.05) is 6.07 Å². The lowest BCUT2D eigenvalue weighted by atomic mass is 9.87. The van der Waals surface area contributed by atoms with Crippen LogP contribution in [-0.4, -0.2) is 0 Å². The van der Waals surface area contributed by atoms with Crippen molar-refractivity contribution in [1.29, 1.82) is 0 Å². The summed E-state index contributed by atoms with van der Waals surface area (Å²) in [7, 11) is 0. The molecule has 19 heavy (non-hydrogen) atoms. The molecule has 0 heterocycles. The molecule has 1 aliphatic rings. The molecular weight excluding hydrogens is 261 g/mol. The average Bonchev–Trinajstić information content (AvgIpc) is 2.43. The first-order valence-corrected chi connectivity index (χ1v) is 6.91. The van der Waals surface area contributed by atoms with Crippen molar-refractivity contribution in [2.75, 3.05) is 5.32 Å². The van der Waals surface area contributed by atoms with E-state index in [4.69, 9.17) is 11.6 Å². The lowest BCUT2D eigenvalue weighted by Crippen LogP contribution is -2.17. The van der Waals surface area contributed by atoms with E-state index in [2.05, 4.69) is 29.6 Å². The van der Waals surface area contributed by atoms with Gasteiger partial charge in [0.1, 0.15) is 5.82 Å². The lowest BCUT2D eigenvalue weighted by molar-refractivity contribution is 0.598. The van der Waals surface area contributed by atoms with Gasteiger partial charge in [0, 0.05) is 5.69 Å². The third kappa shape index (κ3) is 2.59. The molecular formula is C16H15ClFN. The predicted molar refractivity (Wildman–Crippen MR) is 77.2 cm³/mol. The zero-order chi connectivity index (χ0) is 13.2. The molecule has 1 atom stereocenters. The van der Waals surface area contributed by atoms with E-state index in [1.165, 1.54) is 17.2 Å². The van der Waals surface area contributed by atoms with Gasteiger partial charge < -0.3 is 5.32 Å². The van der Waals surface area contributed by atoms with Crippen LogP contribution in [0.5, 0.6) is 0 Å². The fourth-order valence-corrected chi connectivity index (χ4v) is 2.81. The van der Waals surface area contributed by atoms with Crippen molar-refractivity contribution in [2.24, 2.45) is 0 Å². The number of halogens is 2. The molecule has 3 heteroatoms. The molecule has 1 unspecified atom stereocenters. The molecule has 0 saturated heterocycles. The Bertz CT molecular complexity index is 597. The molecule has 0 aromatic heterocycles. The standard InChI is InChI=1S/C16H15ClFN/c17-14-9-8-12(10-15(14)18)19-16-7-3-5-11-4-1-2-6-13(11)16/h1-2,4,6,8-10,16,19H,3,5,7H2. The molecule has 0 spiro atoms. The molecule has 0 bridgehead atoms. The van der Waals surface area contributed by atoms with Gasteiger partial charge in [-0.1, -0.05) is 35.9 Å². The van der Waals surface area contributed by atoms with Gasteiger partial charge in [-0.15, -0.1) is 0 Å². The summed E-state index contributed by atoms with van der Waals surface area (Å²) < 4.78 is 13.5. The smallest absolute Gasteiger partial charge is 0.143 e. The van der Waals surface area contributed by atoms with Gasteiger partial charge in [-0.25, -0.2) is 4.39 Å². The molecule has 3 rings (SSSR count). The highest BCUT2D eigenvalue weighted by Gasteiger charge is 2.19. The lowest BCUT2D eigenvalue weighted by Gasteiger charge is -2.27. The maximum Gasteiger partial charge on any atom is 0.143 e. The number of nitrogens with one attached hydrogen (secondary N) is 1. The summed E-state index contributed by atoms with van der Waals surface area (Å²) in [6.07, 6.45) is 3.36. The highest BCUT2D eigenvalue weighted by atomic mass is 35.5. The Morgan fingerprint density at radius 2 is 2.00 bits per heavy atom.